The molecular weight excluding hydrogens is 464 g/mol. The monoisotopic (exact) mass is 488 g/mol. The van der Waals surface area contributed by atoms with Crippen molar-refractivity contribution in [2.45, 2.75) is 6.54 Å². The fraction of sp³-hybridized carbons (Fsp3) is 0.208. The van der Waals surface area contributed by atoms with Crippen molar-refractivity contribution in [1.29, 1.82) is 0 Å². The lowest BCUT2D eigenvalue weighted by atomic mass is 10.2. The van der Waals surface area contributed by atoms with Crippen molar-refractivity contribution in [3.63, 3.8) is 0 Å². The van der Waals surface area contributed by atoms with Gasteiger partial charge in [0.05, 0.1) is 30.8 Å². The van der Waals surface area contributed by atoms with Crippen molar-refractivity contribution in [3.8, 4) is 17.1 Å². The van der Waals surface area contributed by atoms with Gasteiger partial charge in [-0.15, -0.1) is 0 Å². The zero-order chi connectivity index (χ0) is 25.1. The van der Waals surface area contributed by atoms with Gasteiger partial charge in [-0.05, 0) is 29.8 Å². The van der Waals surface area contributed by atoms with Crippen LogP contribution in [0.5, 0.6) is 0 Å². The summed E-state index contributed by atoms with van der Waals surface area (Å²) in [5.74, 6) is -0.863. The molecule has 0 bridgehead atoms. The second kappa shape index (κ2) is 9.98. The van der Waals surface area contributed by atoms with E-state index in [1.807, 2.05) is 24.3 Å². The summed E-state index contributed by atoms with van der Waals surface area (Å²) in [5, 5.41) is 6.96. The molecule has 3 aromatic heterocycles. The summed E-state index contributed by atoms with van der Waals surface area (Å²) in [6.45, 7) is 3.93. The van der Waals surface area contributed by atoms with Gasteiger partial charge in [0.15, 0.2) is 11.4 Å². The van der Waals surface area contributed by atoms with E-state index in [2.05, 4.69) is 25.3 Å². The number of anilines is 2. The molecule has 12 nitrogen and oxygen atoms in total. The van der Waals surface area contributed by atoms with Crippen LogP contribution in [-0.2, 0) is 11.3 Å². The van der Waals surface area contributed by atoms with Gasteiger partial charge in [0.2, 0.25) is 5.89 Å². The predicted octanol–water partition coefficient (Wildman–Crippen LogP) is 1.69. The summed E-state index contributed by atoms with van der Waals surface area (Å²) in [4.78, 5) is 35.3. The van der Waals surface area contributed by atoms with Gasteiger partial charge >= 0.3 is 0 Å². The first kappa shape index (κ1) is 23.2. The van der Waals surface area contributed by atoms with Crippen LogP contribution in [0.2, 0.25) is 0 Å². The number of ether oxygens (including phenoxy) is 1. The van der Waals surface area contributed by atoms with Gasteiger partial charge in [0.25, 0.3) is 11.8 Å². The first-order chi connectivity index (χ1) is 17.5. The number of amides is 2. The van der Waals surface area contributed by atoms with E-state index in [9.17, 15) is 9.59 Å². The van der Waals surface area contributed by atoms with Gasteiger partial charge < -0.3 is 25.9 Å². The molecule has 12 heteroatoms. The molecule has 1 aromatic carbocycles. The minimum absolute atomic E-state index is 0.0102. The largest absolute Gasteiger partial charge is 0.444 e. The van der Waals surface area contributed by atoms with Crippen molar-refractivity contribution in [2.75, 3.05) is 37.4 Å². The zero-order valence-corrected chi connectivity index (χ0v) is 19.3. The molecule has 4 heterocycles. The molecule has 5 N–H and O–H groups in total. The molecule has 36 heavy (non-hydrogen) atoms. The Morgan fingerprint density at radius 1 is 1.14 bits per heavy atom. The van der Waals surface area contributed by atoms with Gasteiger partial charge in [-0.1, -0.05) is 12.1 Å². The highest BCUT2D eigenvalue weighted by Gasteiger charge is 2.21. The van der Waals surface area contributed by atoms with E-state index < -0.39 is 11.8 Å². The molecule has 0 atom stereocenters. The molecule has 0 spiro atoms. The van der Waals surface area contributed by atoms with Crippen molar-refractivity contribution in [3.05, 3.63) is 72.0 Å². The third-order valence-electron chi connectivity index (χ3n) is 5.65. The van der Waals surface area contributed by atoms with Crippen molar-refractivity contribution < 1.29 is 18.7 Å². The lowest BCUT2D eigenvalue weighted by Gasteiger charge is -2.26. The third kappa shape index (κ3) is 5.09. The van der Waals surface area contributed by atoms with Crippen molar-refractivity contribution in [2.24, 2.45) is 5.73 Å². The van der Waals surface area contributed by atoms with Crippen LogP contribution in [0.1, 0.15) is 26.5 Å². The highest BCUT2D eigenvalue weighted by Crippen LogP contribution is 2.22. The SMILES string of the molecule is NC(=O)c1nn(-c2cccc(CN3CCOCC3)c2)cc1NC(=O)c1coc(-c2ccnc(N)c2)n1. The summed E-state index contributed by atoms with van der Waals surface area (Å²) in [7, 11) is 0. The number of rotatable bonds is 7. The minimum atomic E-state index is -0.776. The Labute approximate surface area is 205 Å². The number of nitrogen functional groups attached to an aromatic ring is 1. The Kier molecular flexibility index (Phi) is 6.43. The van der Waals surface area contributed by atoms with Gasteiger partial charge in [-0.2, -0.15) is 5.10 Å². The van der Waals surface area contributed by atoms with E-state index in [1.165, 1.54) is 23.3 Å². The van der Waals surface area contributed by atoms with Crippen LogP contribution in [0.3, 0.4) is 0 Å². The minimum Gasteiger partial charge on any atom is -0.444 e. The number of nitrogens with one attached hydrogen (secondary N) is 1. The van der Waals surface area contributed by atoms with E-state index in [0.29, 0.717) is 24.6 Å². The maximum atomic E-state index is 12.8. The van der Waals surface area contributed by atoms with E-state index in [4.69, 9.17) is 20.6 Å². The number of carbonyl (C=O) groups is 2. The number of hydrogen-bond donors (Lipinski definition) is 3. The van der Waals surface area contributed by atoms with Crippen molar-refractivity contribution in [1.82, 2.24) is 24.6 Å². The topological polar surface area (TPSA) is 167 Å². The number of benzene rings is 1. The van der Waals surface area contributed by atoms with Crippen molar-refractivity contribution >= 4 is 23.3 Å². The Balaban J connectivity index is 1.36. The highest BCUT2D eigenvalue weighted by atomic mass is 16.5. The first-order valence-corrected chi connectivity index (χ1v) is 11.2. The number of morpholine rings is 1. The summed E-state index contributed by atoms with van der Waals surface area (Å²) in [5.41, 5.74) is 13.7. The number of hydrogen-bond acceptors (Lipinski definition) is 9. The molecule has 2 amide bonds. The molecule has 1 fully saturated rings. The van der Waals surface area contributed by atoms with Crippen LogP contribution in [0, 0.1) is 0 Å². The average molecular weight is 489 g/mol. The summed E-state index contributed by atoms with van der Waals surface area (Å²) in [6, 6.07) is 11.0. The Morgan fingerprint density at radius 2 is 1.97 bits per heavy atom. The third-order valence-corrected chi connectivity index (χ3v) is 5.65. The fourth-order valence-electron chi connectivity index (χ4n) is 3.87. The van der Waals surface area contributed by atoms with Crippen LogP contribution < -0.4 is 16.8 Å². The lowest BCUT2D eigenvalue weighted by molar-refractivity contribution is 0.0342. The lowest BCUT2D eigenvalue weighted by Crippen LogP contribution is -2.35. The number of nitrogens with two attached hydrogens (primary N) is 2. The summed E-state index contributed by atoms with van der Waals surface area (Å²) >= 11 is 0. The normalized spacial score (nSPS) is 14.0. The Morgan fingerprint density at radius 3 is 2.75 bits per heavy atom. The molecular formula is C24H24N8O4. The van der Waals surface area contributed by atoms with Crippen LogP contribution in [0.4, 0.5) is 11.5 Å². The molecule has 0 saturated carbocycles. The standard InChI is InChI=1S/C24H24N8O4/c25-20-11-16(4-5-27-20)24-29-19(14-36-24)23(34)28-18-13-32(30-21(18)22(26)33)17-3-1-2-15(10-17)12-31-6-8-35-9-7-31/h1-5,10-11,13-14H,6-9,12H2,(H2,25,27)(H2,26,33)(H,28,34). The van der Waals surface area contributed by atoms with Crippen LogP contribution in [0.25, 0.3) is 17.1 Å². The van der Waals surface area contributed by atoms with E-state index in [0.717, 1.165) is 30.9 Å². The first-order valence-electron chi connectivity index (χ1n) is 11.2. The molecule has 184 valence electrons. The number of carbonyl (C=O) groups excluding carboxylic acids is 2. The smallest absolute Gasteiger partial charge is 0.277 e. The van der Waals surface area contributed by atoms with E-state index in [1.54, 1.807) is 12.1 Å². The fourth-order valence-corrected chi connectivity index (χ4v) is 3.87. The number of aromatic nitrogens is 4. The van der Waals surface area contributed by atoms with Crippen LogP contribution in [-0.4, -0.2) is 62.8 Å². The average Bonchev–Trinajstić information content (AvgIpc) is 3.53. The van der Waals surface area contributed by atoms with Gasteiger partial charge in [-0.3, -0.25) is 14.5 Å². The molecule has 0 unspecified atom stereocenters. The predicted molar refractivity (Wildman–Crippen MR) is 130 cm³/mol. The molecule has 1 aliphatic rings. The maximum absolute atomic E-state index is 12.8. The van der Waals surface area contributed by atoms with Gasteiger partial charge in [0.1, 0.15) is 12.1 Å². The maximum Gasteiger partial charge on any atom is 0.277 e. The summed E-state index contributed by atoms with van der Waals surface area (Å²) in [6.07, 6.45) is 4.26. The van der Waals surface area contributed by atoms with Crippen LogP contribution >= 0.6 is 0 Å². The molecule has 4 aromatic rings. The van der Waals surface area contributed by atoms with E-state index in [-0.39, 0.29) is 23.0 Å². The molecule has 0 radical (unpaired) electrons. The molecule has 1 aliphatic heterocycles. The van der Waals surface area contributed by atoms with E-state index >= 15 is 0 Å². The Hall–Kier alpha value is -4.55. The second-order valence-electron chi connectivity index (χ2n) is 8.22. The number of pyridine rings is 1. The quantitative estimate of drug-likeness (QED) is 0.350. The second-order valence-corrected chi connectivity index (χ2v) is 8.22. The van der Waals surface area contributed by atoms with Gasteiger partial charge in [-0.25, -0.2) is 14.6 Å². The van der Waals surface area contributed by atoms with Gasteiger partial charge in [0, 0.05) is 31.4 Å². The number of nitrogens with zero attached hydrogens (tertiary/aromatic N) is 5. The number of primary amides is 1. The Bertz CT molecular complexity index is 1410. The number of oxazole rings is 1. The zero-order valence-electron chi connectivity index (χ0n) is 19.3. The highest BCUT2D eigenvalue weighted by molar-refractivity contribution is 6.07. The molecule has 1 saturated heterocycles. The molecule has 0 aliphatic carbocycles. The summed E-state index contributed by atoms with van der Waals surface area (Å²) < 4.78 is 12.3. The molecule has 5 rings (SSSR count). The van der Waals surface area contributed by atoms with Crippen LogP contribution in [0.15, 0.2) is 59.5 Å².